The third kappa shape index (κ3) is 3.67. The minimum atomic E-state index is -0.129. The van der Waals surface area contributed by atoms with Crippen LogP contribution in [0.4, 0.5) is 10.9 Å². The molecule has 0 atom stereocenters. The zero-order valence-corrected chi connectivity index (χ0v) is 12.5. The molecule has 0 radical (unpaired) electrons. The van der Waals surface area contributed by atoms with Crippen molar-refractivity contribution in [3.05, 3.63) is 71.4 Å². The number of hydrogen-bond acceptors (Lipinski definition) is 5. The summed E-state index contributed by atoms with van der Waals surface area (Å²) in [5.74, 6) is 0.573. The van der Waals surface area contributed by atoms with Crippen molar-refractivity contribution in [3.63, 3.8) is 0 Å². The molecule has 0 aliphatic heterocycles. The van der Waals surface area contributed by atoms with E-state index in [0.29, 0.717) is 22.4 Å². The number of rotatable bonds is 5. The Balaban J connectivity index is 1.60. The highest BCUT2D eigenvalue weighted by atomic mass is 32.1. The van der Waals surface area contributed by atoms with Crippen molar-refractivity contribution < 1.29 is 4.79 Å². The Kier molecular flexibility index (Phi) is 4.41. The lowest BCUT2D eigenvalue weighted by Gasteiger charge is -2.03. The van der Waals surface area contributed by atoms with Crippen LogP contribution in [0.1, 0.15) is 15.2 Å². The first-order valence-electron chi connectivity index (χ1n) is 6.77. The topological polar surface area (TPSA) is 66.9 Å². The molecule has 0 bridgehead atoms. The Morgan fingerprint density at radius 2 is 1.86 bits per heavy atom. The Bertz CT molecular complexity index is 743. The Hall–Kier alpha value is -2.73. The number of aromatic nitrogens is 2. The number of amides is 1. The van der Waals surface area contributed by atoms with Gasteiger partial charge in [0.15, 0.2) is 5.13 Å². The molecule has 3 aromatic rings. The van der Waals surface area contributed by atoms with Crippen LogP contribution in [0.25, 0.3) is 0 Å². The monoisotopic (exact) mass is 310 g/mol. The van der Waals surface area contributed by atoms with Gasteiger partial charge in [-0.05, 0) is 17.7 Å². The molecule has 0 spiro atoms. The fraction of sp³-hybridized carbons (Fsp3) is 0.0625. The molecule has 1 aromatic carbocycles. The van der Waals surface area contributed by atoms with E-state index >= 15 is 0 Å². The van der Waals surface area contributed by atoms with Gasteiger partial charge in [0.2, 0.25) is 0 Å². The molecule has 5 nitrogen and oxygen atoms in total. The number of nitrogens with zero attached hydrogens (tertiary/aromatic N) is 2. The molecule has 6 heteroatoms. The lowest BCUT2D eigenvalue weighted by Crippen LogP contribution is -2.21. The SMILES string of the molecule is O=C(NCc1ccccc1)c1cnc(Nc2ccccn2)s1. The van der Waals surface area contributed by atoms with E-state index in [1.54, 1.807) is 12.4 Å². The van der Waals surface area contributed by atoms with E-state index in [9.17, 15) is 4.79 Å². The maximum Gasteiger partial charge on any atom is 0.263 e. The smallest absolute Gasteiger partial charge is 0.263 e. The van der Waals surface area contributed by atoms with Crippen LogP contribution in [0, 0.1) is 0 Å². The Morgan fingerprint density at radius 3 is 2.64 bits per heavy atom. The number of anilines is 2. The average molecular weight is 310 g/mol. The first kappa shape index (κ1) is 14.2. The van der Waals surface area contributed by atoms with Crippen LogP contribution >= 0.6 is 11.3 Å². The maximum absolute atomic E-state index is 12.1. The van der Waals surface area contributed by atoms with Gasteiger partial charge in [0.25, 0.3) is 5.91 Å². The Labute approximate surface area is 132 Å². The second-order valence-corrected chi connectivity index (χ2v) is 5.57. The summed E-state index contributed by atoms with van der Waals surface area (Å²) in [4.78, 5) is 21.0. The van der Waals surface area contributed by atoms with E-state index in [2.05, 4.69) is 20.6 Å². The predicted molar refractivity (Wildman–Crippen MR) is 87.2 cm³/mol. The van der Waals surface area contributed by atoms with Gasteiger partial charge in [-0.1, -0.05) is 47.7 Å². The Morgan fingerprint density at radius 1 is 1.05 bits per heavy atom. The average Bonchev–Trinajstić information content (AvgIpc) is 3.03. The molecule has 2 aromatic heterocycles. The molecule has 0 saturated carbocycles. The molecule has 3 rings (SSSR count). The fourth-order valence-corrected chi connectivity index (χ4v) is 2.59. The summed E-state index contributed by atoms with van der Waals surface area (Å²) in [6.45, 7) is 0.501. The minimum Gasteiger partial charge on any atom is -0.347 e. The second-order valence-electron chi connectivity index (χ2n) is 4.54. The lowest BCUT2D eigenvalue weighted by atomic mass is 10.2. The number of carbonyl (C=O) groups is 1. The zero-order chi connectivity index (χ0) is 15.2. The highest BCUT2D eigenvalue weighted by Gasteiger charge is 2.10. The summed E-state index contributed by atoms with van der Waals surface area (Å²) in [7, 11) is 0. The molecule has 1 amide bonds. The summed E-state index contributed by atoms with van der Waals surface area (Å²) in [5.41, 5.74) is 1.06. The third-order valence-electron chi connectivity index (χ3n) is 2.93. The number of hydrogen-bond donors (Lipinski definition) is 2. The van der Waals surface area contributed by atoms with Crippen LogP contribution in [0.3, 0.4) is 0 Å². The molecular formula is C16H14N4OS. The van der Waals surface area contributed by atoms with Crippen molar-refractivity contribution in [3.8, 4) is 0 Å². The van der Waals surface area contributed by atoms with Gasteiger partial charge in [0.1, 0.15) is 10.7 Å². The number of nitrogens with one attached hydrogen (secondary N) is 2. The minimum absolute atomic E-state index is 0.129. The summed E-state index contributed by atoms with van der Waals surface area (Å²) >= 11 is 1.30. The van der Waals surface area contributed by atoms with Crippen LogP contribution < -0.4 is 10.6 Å². The quantitative estimate of drug-likeness (QED) is 0.759. The molecule has 2 heterocycles. The molecule has 22 heavy (non-hydrogen) atoms. The standard InChI is InChI=1S/C16H14N4OS/c21-15(18-10-12-6-2-1-3-7-12)13-11-19-16(22-13)20-14-8-4-5-9-17-14/h1-9,11H,10H2,(H,18,21)(H,17,19,20). The van der Waals surface area contributed by atoms with Gasteiger partial charge in [0.05, 0.1) is 6.20 Å². The van der Waals surface area contributed by atoms with Crippen LogP contribution in [-0.4, -0.2) is 15.9 Å². The number of pyridine rings is 1. The summed E-state index contributed by atoms with van der Waals surface area (Å²) in [6, 6.07) is 15.4. The molecule has 0 saturated heterocycles. The van der Waals surface area contributed by atoms with Crippen LogP contribution in [0.15, 0.2) is 60.9 Å². The van der Waals surface area contributed by atoms with E-state index < -0.39 is 0 Å². The van der Waals surface area contributed by atoms with E-state index in [4.69, 9.17) is 0 Å². The van der Waals surface area contributed by atoms with Crippen LogP contribution in [-0.2, 0) is 6.54 Å². The second kappa shape index (κ2) is 6.82. The molecule has 0 aliphatic rings. The summed E-state index contributed by atoms with van der Waals surface area (Å²) in [6.07, 6.45) is 3.26. The first-order valence-corrected chi connectivity index (χ1v) is 7.59. The lowest BCUT2D eigenvalue weighted by molar-refractivity contribution is 0.0955. The van der Waals surface area contributed by atoms with Crippen molar-refractivity contribution in [1.29, 1.82) is 0 Å². The van der Waals surface area contributed by atoms with Crippen molar-refractivity contribution in [1.82, 2.24) is 15.3 Å². The molecule has 110 valence electrons. The van der Waals surface area contributed by atoms with Gasteiger partial charge in [-0.3, -0.25) is 4.79 Å². The molecule has 0 unspecified atom stereocenters. The highest BCUT2D eigenvalue weighted by molar-refractivity contribution is 7.17. The maximum atomic E-state index is 12.1. The van der Waals surface area contributed by atoms with Crippen molar-refractivity contribution in [2.45, 2.75) is 6.54 Å². The number of benzene rings is 1. The van der Waals surface area contributed by atoms with E-state index in [1.807, 2.05) is 48.5 Å². The van der Waals surface area contributed by atoms with Gasteiger partial charge in [-0.2, -0.15) is 0 Å². The van der Waals surface area contributed by atoms with Crippen LogP contribution in [0.2, 0.25) is 0 Å². The van der Waals surface area contributed by atoms with Gasteiger partial charge in [-0.15, -0.1) is 0 Å². The van der Waals surface area contributed by atoms with E-state index in [-0.39, 0.29) is 5.91 Å². The van der Waals surface area contributed by atoms with Gasteiger partial charge < -0.3 is 10.6 Å². The van der Waals surface area contributed by atoms with Gasteiger partial charge in [-0.25, -0.2) is 9.97 Å². The van der Waals surface area contributed by atoms with Gasteiger partial charge >= 0.3 is 0 Å². The van der Waals surface area contributed by atoms with Crippen molar-refractivity contribution in [2.75, 3.05) is 5.32 Å². The zero-order valence-electron chi connectivity index (χ0n) is 11.7. The van der Waals surface area contributed by atoms with E-state index in [1.165, 1.54) is 11.3 Å². The van der Waals surface area contributed by atoms with Gasteiger partial charge in [0, 0.05) is 12.7 Å². The molecular weight excluding hydrogens is 296 g/mol. The summed E-state index contributed by atoms with van der Waals surface area (Å²) < 4.78 is 0. The number of thiazole rings is 1. The van der Waals surface area contributed by atoms with Crippen LogP contribution in [0.5, 0.6) is 0 Å². The first-order chi connectivity index (χ1) is 10.8. The van der Waals surface area contributed by atoms with E-state index in [0.717, 1.165) is 5.56 Å². The third-order valence-corrected chi connectivity index (χ3v) is 3.84. The molecule has 0 fully saturated rings. The highest BCUT2D eigenvalue weighted by Crippen LogP contribution is 2.21. The predicted octanol–water partition coefficient (Wildman–Crippen LogP) is 3.21. The number of carbonyl (C=O) groups excluding carboxylic acids is 1. The van der Waals surface area contributed by atoms with Crippen molar-refractivity contribution in [2.24, 2.45) is 0 Å². The molecule has 0 aliphatic carbocycles. The normalized spacial score (nSPS) is 10.2. The summed E-state index contributed by atoms with van der Waals surface area (Å²) in [5, 5.41) is 6.59. The fourth-order valence-electron chi connectivity index (χ4n) is 1.85. The van der Waals surface area contributed by atoms with Crippen molar-refractivity contribution >= 4 is 28.2 Å². The molecule has 2 N–H and O–H groups in total. The largest absolute Gasteiger partial charge is 0.347 e.